The van der Waals surface area contributed by atoms with Crippen molar-refractivity contribution in [2.24, 2.45) is 0 Å². The Labute approximate surface area is 130 Å². The van der Waals surface area contributed by atoms with Gasteiger partial charge in [0.15, 0.2) is 0 Å². The summed E-state index contributed by atoms with van der Waals surface area (Å²) in [6, 6.07) is 2.07. The van der Waals surface area contributed by atoms with E-state index in [1.54, 1.807) is 0 Å². The number of amides is 4. The summed E-state index contributed by atoms with van der Waals surface area (Å²) in [5, 5.41) is 5.05. The third-order valence-corrected chi connectivity index (χ3v) is 3.99. The van der Waals surface area contributed by atoms with E-state index in [2.05, 4.69) is 10.6 Å². The Morgan fingerprint density at radius 3 is 2.70 bits per heavy atom. The summed E-state index contributed by atoms with van der Waals surface area (Å²) in [7, 11) is 0. The molecule has 2 fully saturated rings. The third-order valence-electron chi connectivity index (χ3n) is 3.99. The molecule has 6 nitrogen and oxygen atoms in total. The van der Waals surface area contributed by atoms with Crippen LogP contribution in [0.3, 0.4) is 0 Å². The standard InChI is InChI=1S/C15H15F2N3O3/c1-15(10-5-2-8(16)6-11(10)17)13(22)20(14(23)19-15)7-12(21)18-9-3-4-9/h2,5-6,9H,3-4,7H2,1H3,(H,18,21)(H,19,23). The molecule has 0 bridgehead atoms. The Morgan fingerprint density at radius 2 is 2.09 bits per heavy atom. The van der Waals surface area contributed by atoms with Gasteiger partial charge in [0.1, 0.15) is 23.7 Å². The number of hydrogen-bond acceptors (Lipinski definition) is 3. The van der Waals surface area contributed by atoms with Crippen LogP contribution in [0.2, 0.25) is 0 Å². The van der Waals surface area contributed by atoms with E-state index in [9.17, 15) is 23.2 Å². The Bertz CT molecular complexity index is 705. The van der Waals surface area contributed by atoms with Crippen LogP contribution in [0.15, 0.2) is 18.2 Å². The van der Waals surface area contributed by atoms with E-state index < -0.39 is 41.6 Å². The molecule has 0 aromatic heterocycles. The van der Waals surface area contributed by atoms with Crippen molar-refractivity contribution in [1.29, 1.82) is 0 Å². The van der Waals surface area contributed by atoms with Gasteiger partial charge in [-0.1, -0.05) is 6.07 Å². The van der Waals surface area contributed by atoms with Gasteiger partial charge in [0, 0.05) is 17.7 Å². The van der Waals surface area contributed by atoms with E-state index in [0.717, 1.165) is 29.9 Å². The maximum absolute atomic E-state index is 14.0. The molecule has 1 unspecified atom stereocenters. The van der Waals surface area contributed by atoms with E-state index in [1.165, 1.54) is 6.92 Å². The number of hydrogen-bond donors (Lipinski definition) is 2. The summed E-state index contributed by atoms with van der Waals surface area (Å²) >= 11 is 0. The molecule has 4 amide bonds. The largest absolute Gasteiger partial charge is 0.352 e. The quantitative estimate of drug-likeness (QED) is 0.812. The zero-order valence-corrected chi connectivity index (χ0v) is 12.4. The van der Waals surface area contributed by atoms with Gasteiger partial charge in [0.25, 0.3) is 5.91 Å². The van der Waals surface area contributed by atoms with Crippen molar-refractivity contribution < 1.29 is 23.2 Å². The summed E-state index contributed by atoms with van der Waals surface area (Å²) in [4.78, 5) is 37.0. The van der Waals surface area contributed by atoms with Crippen molar-refractivity contribution in [3.8, 4) is 0 Å². The summed E-state index contributed by atoms with van der Waals surface area (Å²) in [6.45, 7) is 0.891. The molecule has 1 saturated heterocycles. The Morgan fingerprint density at radius 1 is 1.39 bits per heavy atom. The first-order valence-electron chi connectivity index (χ1n) is 7.20. The lowest BCUT2D eigenvalue weighted by Gasteiger charge is -2.22. The number of halogens is 2. The maximum Gasteiger partial charge on any atom is 0.325 e. The number of carbonyl (C=O) groups is 3. The van der Waals surface area contributed by atoms with Crippen LogP contribution < -0.4 is 10.6 Å². The van der Waals surface area contributed by atoms with Gasteiger partial charge in [-0.15, -0.1) is 0 Å². The molecule has 0 spiro atoms. The summed E-state index contributed by atoms with van der Waals surface area (Å²) in [5.41, 5.74) is -1.82. The van der Waals surface area contributed by atoms with Gasteiger partial charge >= 0.3 is 6.03 Å². The van der Waals surface area contributed by atoms with E-state index in [1.807, 2.05) is 0 Å². The van der Waals surface area contributed by atoms with Crippen LogP contribution in [-0.4, -0.2) is 35.3 Å². The molecule has 1 aliphatic carbocycles. The molecule has 2 aliphatic rings. The second kappa shape index (κ2) is 5.29. The lowest BCUT2D eigenvalue weighted by Crippen LogP contribution is -2.44. The van der Waals surface area contributed by atoms with E-state index >= 15 is 0 Å². The van der Waals surface area contributed by atoms with E-state index in [4.69, 9.17) is 0 Å². The predicted octanol–water partition coefficient (Wildman–Crippen LogP) is 1.01. The summed E-state index contributed by atoms with van der Waals surface area (Å²) in [6.07, 6.45) is 1.76. The average molecular weight is 323 g/mol. The minimum absolute atomic E-state index is 0.101. The SMILES string of the molecule is CC1(c2ccc(F)cc2F)NC(=O)N(CC(=O)NC2CC2)C1=O. The topological polar surface area (TPSA) is 78.5 Å². The highest BCUT2D eigenvalue weighted by Gasteiger charge is 2.50. The Hall–Kier alpha value is -2.51. The molecule has 8 heteroatoms. The first kappa shape index (κ1) is 15.4. The number of nitrogens with one attached hydrogen (secondary N) is 2. The number of carbonyl (C=O) groups excluding carboxylic acids is 3. The van der Waals surface area contributed by atoms with Crippen LogP contribution in [0.4, 0.5) is 13.6 Å². The number of imide groups is 1. The highest BCUT2D eigenvalue weighted by atomic mass is 19.1. The molecular formula is C15H15F2N3O3. The molecule has 23 heavy (non-hydrogen) atoms. The minimum atomic E-state index is -1.67. The van der Waals surface area contributed by atoms with Gasteiger partial charge in [-0.3, -0.25) is 14.5 Å². The second-order valence-corrected chi connectivity index (χ2v) is 5.91. The van der Waals surface area contributed by atoms with Crippen LogP contribution in [-0.2, 0) is 15.1 Å². The van der Waals surface area contributed by atoms with E-state index in [-0.39, 0.29) is 11.6 Å². The van der Waals surface area contributed by atoms with Crippen LogP contribution in [0.5, 0.6) is 0 Å². The molecule has 2 N–H and O–H groups in total. The smallest absolute Gasteiger partial charge is 0.325 e. The van der Waals surface area contributed by atoms with Crippen molar-refractivity contribution in [2.45, 2.75) is 31.3 Å². The fourth-order valence-corrected chi connectivity index (χ4v) is 2.56. The minimum Gasteiger partial charge on any atom is -0.352 e. The van der Waals surface area contributed by atoms with Crippen molar-refractivity contribution in [1.82, 2.24) is 15.5 Å². The van der Waals surface area contributed by atoms with E-state index in [0.29, 0.717) is 6.07 Å². The normalized spacial score (nSPS) is 23.9. The Balaban J connectivity index is 1.82. The van der Waals surface area contributed by atoms with Gasteiger partial charge in [-0.05, 0) is 25.8 Å². The van der Waals surface area contributed by atoms with Crippen LogP contribution in [0.1, 0.15) is 25.3 Å². The highest BCUT2D eigenvalue weighted by molar-refractivity contribution is 6.09. The molecule has 1 atom stereocenters. The molecule has 1 aromatic rings. The van der Waals surface area contributed by atoms with Crippen molar-refractivity contribution >= 4 is 17.8 Å². The summed E-state index contributed by atoms with van der Waals surface area (Å²) < 4.78 is 27.0. The zero-order chi connectivity index (χ0) is 16.8. The monoisotopic (exact) mass is 323 g/mol. The first-order chi connectivity index (χ1) is 10.8. The van der Waals surface area contributed by atoms with Crippen molar-refractivity contribution in [2.75, 3.05) is 6.54 Å². The zero-order valence-electron chi connectivity index (χ0n) is 12.4. The highest BCUT2D eigenvalue weighted by Crippen LogP contribution is 2.31. The fraction of sp³-hybridized carbons (Fsp3) is 0.400. The van der Waals surface area contributed by atoms with Crippen LogP contribution in [0, 0.1) is 11.6 Å². The lowest BCUT2D eigenvalue weighted by molar-refractivity contribution is -0.134. The lowest BCUT2D eigenvalue weighted by atomic mass is 9.91. The van der Waals surface area contributed by atoms with Crippen molar-refractivity contribution in [3.63, 3.8) is 0 Å². The maximum atomic E-state index is 14.0. The van der Waals surface area contributed by atoms with Gasteiger partial charge < -0.3 is 10.6 Å². The number of benzene rings is 1. The molecule has 0 radical (unpaired) electrons. The molecule has 122 valence electrons. The Kier molecular flexibility index (Phi) is 3.54. The molecule has 1 aromatic carbocycles. The average Bonchev–Trinajstić information content (AvgIpc) is 3.23. The molecular weight excluding hydrogens is 308 g/mol. The molecule has 1 aliphatic heterocycles. The number of nitrogens with zero attached hydrogens (tertiary/aromatic N) is 1. The van der Waals surface area contributed by atoms with Gasteiger partial charge in [0.2, 0.25) is 5.91 Å². The number of rotatable bonds is 4. The summed E-state index contributed by atoms with van der Waals surface area (Å²) in [5.74, 6) is -2.92. The van der Waals surface area contributed by atoms with Gasteiger partial charge in [-0.2, -0.15) is 0 Å². The van der Waals surface area contributed by atoms with Crippen molar-refractivity contribution in [3.05, 3.63) is 35.4 Å². The predicted molar refractivity (Wildman–Crippen MR) is 75.1 cm³/mol. The fourth-order valence-electron chi connectivity index (χ4n) is 2.56. The van der Waals surface area contributed by atoms with Gasteiger partial charge in [0.05, 0.1) is 0 Å². The second-order valence-electron chi connectivity index (χ2n) is 5.91. The molecule has 3 rings (SSSR count). The van der Waals surface area contributed by atoms with Crippen LogP contribution >= 0.6 is 0 Å². The third kappa shape index (κ3) is 2.76. The first-order valence-corrected chi connectivity index (χ1v) is 7.20. The molecule has 1 saturated carbocycles. The van der Waals surface area contributed by atoms with Crippen LogP contribution in [0.25, 0.3) is 0 Å². The molecule has 1 heterocycles. The number of urea groups is 1. The van der Waals surface area contributed by atoms with Gasteiger partial charge in [-0.25, -0.2) is 13.6 Å².